The molecule has 1 heterocycles. The Morgan fingerprint density at radius 3 is 2.44 bits per heavy atom. The summed E-state index contributed by atoms with van der Waals surface area (Å²) in [4.78, 5) is 15.4. The number of hydrogen-bond donors (Lipinski definition) is 0. The molecular weight excluding hydrogens is 310 g/mol. The van der Waals surface area contributed by atoms with Crippen molar-refractivity contribution in [2.75, 3.05) is 20.2 Å². The summed E-state index contributed by atoms with van der Waals surface area (Å²) in [6.07, 6.45) is 5.38. The summed E-state index contributed by atoms with van der Waals surface area (Å²) in [6, 6.07) is 13.9. The summed E-state index contributed by atoms with van der Waals surface area (Å²) in [6.45, 7) is 6.04. The normalized spacial score (nSPS) is 16.3. The molecule has 1 fully saturated rings. The number of hydrogen-bond acceptors (Lipinski definition) is 3. The van der Waals surface area contributed by atoms with Crippen molar-refractivity contribution < 1.29 is 9.53 Å². The number of piperidine rings is 1. The molecule has 0 N–H and O–H groups in total. The molecule has 0 radical (unpaired) electrons. The first kappa shape index (κ1) is 17.7. The van der Waals surface area contributed by atoms with Gasteiger partial charge in [0.25, 0.3) is 0 Å². The standard InChI is InChI=1S/C22H27NO2/c1-22(2,25-3)21(23-14-7-4-8-15-23)16-20(24)19-13-9-11-17-10-5-6-12-18(17)19/h5-6,9-13,16H,4,7-8,14-15H2,1-3H3. The Bertz CT molecular complexity index is 780. The predicted molar refractivity (Wildman–Crippen MR) is 103 cm³/mol. The van der Waals surface area contributed by atoms with Crippen LogP contribution in [0.1, 0.15) is 43.5 Å². The van der Waals surface area contributed by atoms with Crippen LogP contribution in [0.25, 0.3) is 10.8 Å². The summed E-state index contributed by atoms with van der Waals surface area (Å²) >= 11 is 0. The number of carbonyl (C=O) groups is 1. The van der Waals surface area contributed by atoms with Gasteiger partial charge < -0.3 is 9.64 Å². The Morgan fingerprint density at radius 2 is 1.72 bits per heavy atom. The molecule has 0 atom stereocenters. The van der Waals surface area contributed by atoms with Gasteiger partial charge in [-0.05, 0) is 43.9 Å². The Balaban J connectivity index is 2.02. The molecule has 0 bridgehead atoms. The van der Waals surface area contributed by atoms with E-state index in [9.17, 15) is 4.79 Å². The second-order valence-electron chi connectivity index (χ2n) is 7.18. The van der Waals surface area contributed by atoms with E-state index in [1.807, 2.05) is 56.3 Å². The zero-order valence-corrected chi connectivity index (χ0v) is 15.4. The molecule has 0 spiro atoms. The molecule has 0 saturated carbocycles. The van der Waals surface area contributed by atoms with Crippen molar-refractivity contribution in [3.63, 3.8) is 0 Å². The van der Waals surface area contributed by atoms with Gasteiger partial charge in [-0.3, -0.25) is 4.79 Å². The first-order chi connectivity index (χ1) is 12.0. The highest BCUT2D eigenvalue weighted by molar-refractivity contribution is 6.13. The largest absolute Gasteiger partial charge is 0.373 e. The summed E-state index contributed by atoms with van der Waals surface area (Å²) in [7, 11) is 1.71. The summed E-state index contributed by atoms with van der Waals surface area (Å²) in [5.74, 6) is 0.0440. The Kier molecular flexibility index (Phi) is 5.24. The van der Waals surface area contributed by atoms with Crippen LogP contribution in [0.5, 0.6) is 0 Å². The highest BCUT2D eigenvalue weighted by Crippen LogP contribution is 2.28. The zero-order valence-electron chi connectivity index (χ0n) is 15.4. The number of nitrogens with zero attached hydrogens (tertiary/aromatic N) is 1. The lowest BCUT2D eigenvalue weighted by Crippen LogP contribution is -2.40. The van der Waals surface area contributed by atoms with Crippen LogP contribution in [0.3, 0.4) is 0 Å². The van der Waals surface area contributed by atoms with Gasteiger partial charge >= 0.3 is 0 Å². The molecule has 2 aromatic carbocycles. The number of methoxy groups -OCH3 is 1. The van der Waals surface area contributed by atoms with Crippen molar-refractivity contribution in [3.05, 3.63) is 59.8 Å². The maximum atomic E-state index is 13.1. The van der Waals surface area contributed by atoms with Crippen LogP contribution >= 0.6 is 0 Å². The van der Waals surface area contributed by atoms with Crippen LogP contribution in [0.4, 0.5) is 0 Å². The predicted octanol–water partition coefficient (Wildman–Crippen LogP) is 4.82. The van der Waals surface area contributed by atoms with E-state index in [0.29, 0.717) is 0 Å². The van der Waals surface area contributed by atoms with Crippen LogP contribution in [-0.4, -0.2) is 36.5 Å². The summed E-state index contributed by atoms with van der Waals surface area (Å²) in [5, 5.41) is 2.09. The van der Waals surface area contributed by atoms with Gasteiger partial charge in [-0.1, -0.05) is 42.5 Å². The maximum Gasteiger partial charge on any atom is 0.188 e. The lowest BCUT2D eigenvalue weighted by atomic mass is 9.96. The number of ether oxygens (including phenoxy) is 1. The molecule has 0 aromatic heterocycles. The van der Waals surface area contributed by atoms with Crippen molar-refractivity contribution in [1.29, 1.82) is 0 Å². The molecule has 3 rings (SSSR count). The second-order valence-corrected chi connectivity index (χ2v) is 7.18. The molecule has 0 aliphatic carbocycles. The van der Waals surface area contributed by atoms with E-state index in [0.717, 1.165) is 35.1 Å². The van der Waals surface area contributed by atoms with E-state index in [4.69, 9.17) is 4.74 Å². The van der Waals surface area contributed by atoms with Crippen molar-refractivity contribution in [3.8, 4) is 0 Å². The monoisotopic (exact) mass is 337 g/mol. The fraction of sp³-hybridized carbons (Fsp3) is 0.409. The van der Waals surface area contributed by atoms with Gasteiger partial charge in [0, 0.05) is 37.5 Å². The first-order valence-electron chi connectivity index (χ1n) is 9.07. The smallest absolute Gasteiger partial charge is 0.188 e. The number of allylic oxidation sites excluding steroid dienone is 1. The molecule has 0 amide bonds. The zero-order chi connectivity index (χ0) is 17.9. The van der Waals surface area contributed by atoms with Crippen LogP contribution in [0.2, 0.25) is 0 Å². The Morgan fingerprint density at radius 1 is 1.04 bits per heavy atom. The van der Waals surface area contributed by atoms with Crippen LogP contribution < -0.4 is 0 Å². The van der Waals surface area contributed by atoms with Gasteiger partial charge in [-0.2, -0.15) is 0 Å². The van der Waals surface area contributed by atoms with E-state index in [2.05, 4.69) is 4.90 Å². The molecule has 2 aromatic rings. The summed E-state index contributed by atoms with van der Waals surface area (Å²) < 4.78 is 5.72. The molecule has 3 nitrogen and oxygen atoms in total. The number of likely N-dealkylation sites (tertiary alicyclic amines) is 1. The van der Waals surface area contributed by atoms with Gasteiger partial charge in [0.05, 0.1) is 0 Å². The lowest BCUT2D eigenvalue weighted by Gasteiger charge is -2.38. The molecule has 3 heteroatoms. The topological polar surface area (TPSA) is 29.5 Å². The van der Waals surface area contributed by atoms with E-state index in [-0.39, 0.29) is 5.78 Å². The van der Waals surface area contributed by atoms with E-state index >= 15 is 0 Å². The number of benzene rings is 2. The van der Waals surface area contributed by atoms with E-state index < -0.39 is 5.60 Å². The molecule has 132 valence electrons. The third kappa shape index (κ3) is 3.77. The third-order valence-corrected chi connectivity index (χ3v) is 5.15. The first-order valence-corrected chi connectivity index (χ1v) is 9.07. The van der Waals surface area contributed by atoms with Crippen molar-refractivity contribution in [2.45, 2.75) is 38.7 Å². The third-order valence-electron chi connectivity index (χ3n) is 5.15. The highest BCUT2D eigenvalue weighted by atomic mass is 16.5. The van der Waals surface area contributed by atoms with Gasteiger partial charge in [0.15, 0.2) is 5.78 Å². The fourth-order valence-electron chi connectivity index (χ4n) is 3.53. The van der Waals surface area contributed by atoms with Crippen LogP contribution in [-0.2, 0) is 4.74 Å². The van der Waals surface area contributed by atoms with Crippen LogP contribution in [0, 0.1) is 0 Å². The van der Waals surface area contributed by atoms with Gasteiger partial charge in [0.2, 0.25) is 0 Å². The van der Waals surface area contributed by atoms with E-state index in [1.165, 1.54) is 19.3 Å². The van der Waals surface area contributed by atoms with Gasteiger partial charge in [0.1, 0.15) is 5.60 Å². The van der Waals surface area contributed by atoms with Gasteiger partial charge in [-0.25, -0.2) is 0 Å². The number of ketones is 1. The molecule has 0 unspecified atom stereocenters. The minimum Gasteiger partial charge on any atom is -0.373 e. The fourth-order valence-corrected chi connectivity index (χ4v) is 3.53. The molecular formula is C22H27NO2. The molecule has 1 aliphatic heterocycles. The molecule has 25 heavy (non-hydrogen) atoms. The highest BCUT2D eigenvalue weighted by Gasteiger charge is 2.29. The number of fused-ring (bicyclic) bond motifs is 1. The van der Waals surface area contributed by atoms with Crippen molar-refractivity contribution >= 4 is 16.6 Å². The quantitative estimate of drug-likeness (QED) is 0.579. The number of rotatable bonds is 5. The van der Waals surface area contributed by atoms with Gasteiger partial charge in [-0.15, -0.1) is 0 Å². The summed E-state index contributed by atoms with van der Waals surface area (Å²) in [5.41, 5.74) is 1.24. The second kappa shape index (κ2) is 7.40. The Labute approximate surface area is 150 Å². The van der Waals surface area contributed by atoms with Crippen molar-refractivity contribution in [1.82, 2.24) is 4.90 Å². The Hall–Kier alpha value is -2.13. The molecule has 1 saturated heterocycles. The average molecular weight is 337 g/mol. The lowest BCUT2D eigenvalue weighted by molar-refractivity contribution is 0.0255. The average Bonchev–Trinajstić information content (AvgIpc) is 2.66. The van der Waals surface area contributed by atoms with Crippen molar-refractivity contribution in [2.24, 2.45) is 0 Å². The minimum atomic E-state index is -0.489. The number of carbonyl (C=O) groups excluding carboxylic acids is 1. The SMILES string of the molecule is COC(C)(C)C(=CC(=O)c1cccc2ccccc12)N1CCCCC1. The molecule has 1 aliphatic rings. The van der Waals surface area contributed by atoms with Crippen LogP contribution in [0.15, 0.2) is 54.2 Å². The van der Waals surface area contributed by atoms with E-state index in [1.54, 1.807) is 13.2 Å². The maximum absolute atomic E-state index is 13.1. The minimum absolute atomic E-state index is 0.0440.